The minimum absolute atomic E-state index is 0.0652. The molecule has 66 valence electrons. The van der Waals surface area contributed by atoms with Gasteiger partial charge in [0.1, 0.15) is 6.61 Å². The van der Waals surface area contributed by atoms with E-state index >= 15 is 0 Å². The van der Waals surface area contributed by atoms with E-state index in [0.29, 0.717) is 12.4 Å². The summed E-state index contributed by atoms with van der Waals surface area (Å²) < 4.78 is 5.13. The molecular weight excluding hydrogens is 156 g/mol. The first-order valence-corrected chi connectivity index (χ1v) is 3.75. The van der Waals surface area contributed by atoms with Gasteiger partial charge in [-0.2, -0.15) is 0 Å². The summed E-state index contributed by atoms with van der Waals surface area (Å²) in [7, 11) is 0. The molecule has 0 saturated carbocycles. The summed E-state index contributed by atoms with van der Waals surface area (Å²) in [6, 6.07) is 1.35. The van der Waals surface area contributed by atoms with Crippen molar-refractivity contribution in [2.24, 2.45) is 5.73 Å². The molecule has 0 aliphatic heterocycles. The summed E-state index contributed by atoms with van der Waals surface area (Å²) in [5, 5.41) is 0. The van der Waals surface area contributed by atoms with Gasteiger partial charge in [0, 0.05) is 24.5 Å². The number of H-pyrrole nitrogens is 1. The summed E-state index contributed by atoms with van der Waals surface area (Å²) in [6.07, 6.45) is 3.08. The molecule has 1 aromatic heterocycles. The lowest BCUT2D eigenvalue weighted by Crippen LogP contribution is -2.25. The maximum Gasteiger partial charge on any atom is 0.223 e. The zero-order valence-electron chi connectivity index (χ0n) is 6.91. The van der Waals surface area contributed by atoms with Gasteiger partial charge in [-0.15, -0.1) is 0 Å². The largest absolute Gasteiger partial charge is 0.486 e. The van der Waals surface area contributed by atoms with Gasteiger partial charge in [-0.25, -0.2) is 0 Å². The summed E-state index contributed by atoms with van der Waals surface area (Å²) in [5.74, 6) is 0.315. The zero-order valence-corrected chi connectivity index (χ0v) is 6.91. The van der Waals surface area contributed by atoms with E-state index in [1.807, 2.05) is 6.92 Å². The van der Waals surface area contributed by atoms with Crippen molar-refractivity contribution in [1.29, 1.82) is 0 Å². The fraction of sp³-hybridized carbons (Fsp3) is 0.375. The third-order valence-electron chi connectivity index (χ3n) is 1.29. The van der Waals surface area contributed by atoms with Crippen LogP contribution in [0.15, 0.2) is 23.3 Å². The first-order chi connectivity index (χ1) is 5.70. The van der Waals surface area contributed by atoms with Crippen LogP contribution in [0.4, 0.5) is 0 Å². The Kier molecular flexibility index (Phi) is 2.88. The minimum Gasteiger partial charge on any atom is -0.486 e. The molecule has 1 unspecified atom stereocenters. The van der Waals surface area contributed by atoms with Gasteiger partial charge in [-0.1, -0.05) is 0 Å². The van der Waals surface area contributed by atoms with Crippen molar-refractivity contribution in [3.63, 3.8) is 0 Å². The predicted octanol–water partition coefficient (Wildman–Crippen LogP) is 0.101. The topological polar surface area (TPSA) is 68.1 Å². The molecule has 3 N–H and O–H groups in total. The van der Waals surface area contributed by atoms with Crippen LogP contribution in [-0.4, -0.2) is 17.6 Å². The number of nitrogens with one attached hydrogen (secondary N) is 1. The second-order valence-electron chi connectivity index (χ2n) is 2.66. The smallest absolute Gasteiger partial charge is 0.223 e. The summed E-state index contributed by atoms with van der Waals surface area (Å²) in [6.45, 7) is 2.17. The summed E-state index contributed by atoms with van der Waals surface area (Å²) in [5.41, 5.74) is 5.32. The number of aromatic amines is 1. The Morgan fingerprint density at radius 1 is 1.75 bits per heavy atom. The SMILES string of the molecule is CC(N)COc1c[nH]ccc1=O. The monoisotopic (exact) mass is 168 g/mol. The van der Waals surface area contributed by atoms with Crippen molar-refractivity contribution in [3.05, 3.63) is 28.7 Å². The highest BCUT2D eigenvalue weighted by Gasteiger charge is 1.99. The Hall–Kier alpha value is -1.29. The van der Waals surface area contributed by atoms with Gasteiger partial charge < -0.3 is 15.5 Å². The Morgan fingerprint density at radius 3 is 3.08 bits per heavy atom. The molecule has 0 fully saturated rings. The zero-order chi connectivity index (χ0) is 8.97. The standard InChI is InChI=1S/C8H12N2O2/c1-6(9)5-12-8-4-10-3-2-7(8)11/h2-4,6H,5,9H2,1H3,(H,10,11). The molecule has 4 heteroatoms. The Bertz CT molecular complexity index is 293. The van der Waals surface area contributed by atoms with Crippen molar-refractivity contribution < 1.29 is 4.74 Å². The lowest BCUT2D eigenvalue weighted by Gasteiger charge is -2.06. The highest BCUT2D eigenvalue weighted by Crippen LogP contribution is 1.98. The predicted molar refractivity (Wildman–Crippen MR) is 46.2 cm³/mol. The lowest BCUT2D eigenvalue weighted by atomic mass is 10.4. The molecule has 1 aromatic rings. The normalized spacial score (nSPS) is 12.5. The van der Waals surface area contributed by atoms with E-state index < -0.39 is 0 Å². The molecule has 0 radical (unpaired) electrons. The van der Waals surface area contributed by atoms with Crippen molar-refractivity contribution in [2.45, 2.75) is 13.0 Å². The van der Waals surface area contributed by atoms with Crippen LogP contribution in [0.25, 0.3) is 0 Å². The third kappa shape index (κ3) is 2.39. The van der Waals surface area contributed by atoms with Gasteiger partial charge in [-0.05, 0) is 6.92 Å². The number of nitrogens with two attached hydrogens (primary N) is 1. The molecule has 0 saturated heterocycles. The van der Waals surface area contributed by atoms with E-state index in [-0.39, 0.29) is 11.5 Å². The van der Waals surface area contributed by atoms with E-state index in [4.69, 9.17) is 10.5 Å². The fourth-order valence-electron chi connectivity index (χ4n) is 0.735. The lowest BCUT2D eigenvalue weighted by molar-refractivity contribution is 0.292. The van der Waals surface area contributed by atoms with E-state index in [2.05, 4.69) is 4.98 Å². The first-order valence-electron chi connectivity index (χ1n) is 3.75. The van der Waals surface area contributed by atoms with Crippen LogP contribution < -0.4 is 15.9 Å². The van der Waals surface area contributed by atoms with Crippen LogP contribution in [0, 0.1) is 0 Å². The molecule has 0 amide bonds. The maximum atomic E-state index is 11.0. The van der Waals surface area contributed by atoms with Gasteiger partial charge in [-0.3, -0.25) is 4.79 Å². The number of ether oxygens (including phenoxy) is 1. The summed E-state index contributed by atoms with van der Waals surface area (Å²) in [4.78, 5) is 13.8. The Balaban J connectivity index is 2.64. The summed E-state index contributed by atoms with van der Waals surface area (Å²) >= 11 is 0. The van der Waals surface area contributed by atoms with Gasteiger partial charge in [0.25, 0.3) is 0 Å². The first kappa shape index (κ1) is 8.80. The molecule has 1 rings (SSSR count). The number of pyridine rings is 1. The van der Waals surface area contributed by atoms with Crippen molar-refractivity contribution >= 4 is 0 Å². The van der Waals surface area contributed by atoms with Crippen LogP contribution in [0.1, 0.15) is 6.92 Å². The van der Waals surface area contributed by atoms with Crippen molar-refractivity contribution in [3.8, 4) is 5.75 Å². The number of hydrogen-bond donors (Lipinski definition) is 2. The van der Waals surface area contributed by atoms with Crippen LogP contribution in [0.2, 0.25) is 0 Å². The number of rotatable bonds is 3. The van der Waals surface area contributed by atoms with E-state index in [1.165, 1.54) is 12.3 Å². The highest BCUT2D eigenvalue weighted by molar-refractivity contribution is 5.15. The second-order valence-corrected chi connectivity index (χ2v) is 2.66. The van der Waals surface area contributed by atoms with Crippen LogP contribution in [-0.2, 0) is 0 Å². The van der Waals surface area contributed by atoms with E-state index in [0.717, 1.165) is 0 Å². The van der Waals surface area contributed by atoms with Gasteiger partial charge in [0.2, 0.25) is 5.43 Å². The minimum atomic E-state index is -0.130. The third-order valence-corrected chi connectivity index (χ3v) is 1.29. The molecular formula is C8H12N2O2. The fourth-order valence-corrected chi connectivity index (χ4v) is 0.735. The molecule has 4 nitrogen and oxygen atoms in total. The quantitative estimate of drug-likeness (QED) is 0.672. The average molecular weight is 168 g/mol. The van der Waals surface area contributed by atoms with Crippen LogP contribution in [0.5, 0.6) is 5.75 Å². The van der Waals surface area contributed by atoms with Gasteiger partial charge >= 0.3 is 0 Å². The second kappa shape index (κ2) is 3.92. The highest BCUT2D eigenvalue weighted by atomic mass is 16.5. The molecule has 0 bridgehead atoms. The molecule has 1 atom stereocenters. The molecule has 12 heavy (non-hydrogen) atoms. The van der Waals surface area contributed by atoms with Gasteiger partial charge in [0.05, 0.1) is 0 Å². The molecule has 0 aromatic carbocycles. The van der Waals surface area contributed by atoms with Crippen molar-refractivity contribution in [1.82, 2.24) is 4.98 Å². The van der Waals surface area contributed by atoms with Crippen LogP contribution in [0.3, 0.4) is 0 Å². The maximum absolute atomic E-state index is 11.0. The van der Waals surface area contributed by atoms with Crippen LogP contribution >= 0.6 is 0 Å². The molecule has 0 aliphatic rings. The number of hydrogen-bond acceptors (Lipinski definition) is 3. The number of aromatic nitrogens is 1. The molecule has 0 aliphatic carbocycles. The molecule has 1 heterocycles. The van der Waals surface area contributed by atoms with E-state index in [1.54, 1.807) is 6.20 Å². The Morgan fingerprint density at radius 2 is 2.50 bits per heavy atom. The molecule has 0 spiro atoms. The van der Waals surface area contributed by atoms with Gasteiger partial charge in [0.15, 0.2) is 5.75 Å². The van der Waals surface area contributed by atoms with Crippen molar-refractivity contribution in [2.75, 3.05) is 6.61 Å². The van der Waals surface area contributed by atoms with E-state index in [9.17, 15) is 4.79 Å². The average Bonchev–Trinajstić information content (AvgIpc) is 2.03. The Labute approximate surface area is 70.4 Å².